The van der Waals surface area contributed by atoms with E-state index in [0.717, 1.165) is 27.3 Å². The van der Waals surface area contributed by atoms with Crippen LogP contribution in [0.2, 0.25) is 0 Å². The highest BCUT2D eigenvalue weighted by Crippen LogP contribution is 2.30. The highest BCUT2D eigenvalue weighted by atomic mass is 32.1. The van der Waals surface area contributed by atoms with Crippen molar-refractivity contribution in [3.05, 3.63) is 34.8 Å². The zero-order valence-electron chi connectivity index (χ0n) is 15.9. The standard InChI is InChI=1S/C19H25N5OS/c1-12-16-13(18(25)23(4)11-19(2,3)10-20)9-14(15-7-6-8-26-15)21-17(16)24(5)22-12/h6-9H,10-11,20H2,1-5H3. The maximum absolute atomic E-state index is 13.3. The van der Waals surface area contributed by atoms with Gasteiger partial charge in [0.1, 0.15) is 0 Å². The van der Waals surface area contributed by atoms with Crippen LogP contribution in [0.15, 0.2) is 23.6 Å². The number of fused-ring (bicyclic) bond motifs is 1. The number of carbonyl (C=O) groups is 1. The van der Waals surface area contributed by atoms with Crippen molar-refractivity contribution in [2.75, 3.05) is 20.1 Å². The van der Waals surface area contributed by atoms with Crippen LogP contribution in [-0.2, 0) is 7.05 Å². The van der Waals surface area contributed by atoms with E-state index in [4.69, 9.17) is 10.7 Å². The molecule has 0 bridgehead atoms. The minimum absolute atomic E-state index is 0.0344. The van der Waals surface area contributed by atoms with Crippen LogP contribution in [0, 0.1) is 12.3 Å². The molecule has 0 aromatic carbocycles. The summed E-state index contributed by atoms with van der Waals surface area (Å²) in [7, 11) is 3.68. The molecule has 0 aliphatic carbocycles. The molecule has 3 aromatic rings. The van der Waals surface area contributed by atoms with Gasteiger partial charge >= 0.3 is 0 Å². The minimum Gasteiger partial charge on any atom is -0.341 e. The summed E-state index contributed by atoms with van der Waals surface area (Å²) < 4.78 is 1.74. The zero-order valence-corrected chi connectivity index (χ0v) is 16.7. The molecule has 0 radical (unpaired) electrons. The van der Waals surface area contributed by atoms with Gasteiger partial charge in [-0.1, -0.05) is 19.9 Å². The van der Waals surface area contributed by atoms with Gasteiger partial charge in [-0.15, -0.1) is 11.3 Å². The molecule has 3 aromatic heterocycles. The van der Waals surface area contributed by atoms with E-state index in [2.05, 4.69) is 18.9 Å². The Bertz CT molecular complexity index is 943. The molecule has 3 rings (SSSR count). The van der Waals surface area contributed by atoms with Gasteiger partial charge in [-0.25, -0.2) is 4.98 Å². The number of amides is 1. The highest BCUT2D eigenvalue weighted by Gasteiger charge is 2.25. The van der Waals surface area contributed by atoms with Gasteiger partial charge in [0.05, 0.1) is 27.2 Å². The fourth-order valence-corrected chi connectivity index (χ4v) is 3.83. The molecule has 0 saturated carbocycles. The number of hydrogen-bond acceptors (Lipinski definition) is 5. The van der Waals surface area contributed by atoms with E-state index in [1.807, 2.05) is 44.6 Å². The topological polar surface area (TPSA) is 77.0 Å². The van der Waals surface area contributed by atoms with Crippen molar-refractivity contribution >= 4 is 28.3 Å². The third kappa shape index (κ3) is 3.37. The first-order valence-corrected chi connectivity index (χ1v) is 9.45. The van der Waals surface area contributed by atoms with Crippen molar-refractivity contribution in [3.8, 4) is 10.6 Å². The summed E-state index contributed by atoms with van der Waals surface area (Å²) >= 11 is 1.61. The summed E-state index contributed by atoms with van der Waals surface area (Å²) in [4.78, 5) is 20.8. The quantitative estimate of drug-likeness (QED) is 0.748. The number of hydrogen-bond donors (Lipinski definition) is 1. The van der Waals surface area contributed by atoms with Crippen LogP contribution in [0.1, 0.15) is 29.9 Å². The zero-order chi connectivity index (χ0) is 19.1. The van der Waals surface area contributed by atoms with Gasteiger partial charge in [0.25, 0.3) is 5.91 Å². The number of rotatable bonds is 5. The molecule has 0 aliphatic heterocycles. The molecule has 0 spiro atoms. The molecule has 0 atom stereocenters. The van der Waals surface area contributed by atoms with E-state index >= 15 is 0 Å². The van der Waals surface area contributed by atoms with Crippen molar-refractivity contribution in [1.29, 1.82) is 0 Å². The fraction of sp³-hybridized carbons (Fsp3) is 0.421. The Morgan fingerprint density at radius 2 is 2.15 bits per heavy atom. The van der Waals surface area contributed by atoms with Gasteiger partial charge in [0.2, 0.25) is 0 Å². The summed E-state index contributed by atoms with van der Waals surface area (Å²) in [5.41, 5.74) is 8.67. The summed E-state index contributed by atoms with van der Waals surface area (Å²) in [6.45, 7) is 7.13. The first-order valence-electron chi connectivity index (χ1n) is 8.57. The lowest BCUT2D eigenvalue weighted by Gasteiger charge is -2.29. The molecular formula is C19H25N5OS. The van der Waals surface area contributed by atoms with E-state index in [9.17, 15) is 4.79 Å². The predicted molar refractivity (Wildman–Crippen MR) is 106 cm³/mol. The Balaban J connectivity index is 2.13. The van der Waals surface area contributed by atoms with Crippen molar-refractivity contribution < 1.29 is 4.79 Å². The number of aryl methyl sites for hydroxylation is 2. The van der Waals surface area contributed by atoms with Crippen molar-refractivity contribution in [2.45, 2.75) is 20.8 Å². The molecule has 2 N–H and O–H groups in total. The predicted octanol–water partition coefficient (Wildman–Crippen LogP) is 3.06. The van der Waals surface area contributed by atoms with Crippen LogP contribution >= 0.6 is 11.3 Å². The van der Waals surface area contributed by atoms with Crippen LogP contribution in [-0.4, -0.2) is 45.7 Å². The lowest BCUT2D eigenvalue weighted by molar-refractivity contribution is 0.0742. The van der Waals surface area contributed by atoms with Gasteiger partial charge in [-0.3, -0.25) is 9.48 Å². The van der Waals surface area contributed by atoms with Crippen molar-refractivity contribution in [1.82, 2.24) is 19.7 Å². The second kappa shape index (κ2) is 6.81. The van der Waals surface area contributed by atoms with Gasteiger partial charge < -0.3 is 10.6 Å². The van der Waals surface area contributed by atoms with Crippen LogP contribution < -0.4 is 5.73 Å². The number of carbonyl (C=O) groups excluding carboxylic acids is 1. The molecular weight excluding hydrogens is 346 g/mol. The average molecular weight is 372 g/mol. The molecule has 0 saturated heterocycles. The highest BCUT2D eigenvalue weighted by molar-refractivity contribution is 7.13. The fourth-order valence-electron chi connectivity index (χ4n) is 3.15. The molecule has 0 aliphatic rings. The van der Waals surface area contributed by atoms with Gasteiger partial charge in [-0.2, -0.15) is 5.10 Å². The molecule has 1 amide bonds. The maximum atomic E-state index is 13.3. The second-order valence-corrected chi connectivity index (χ2v) is 8.42. The number of aromatic nitrogens is 3. The average Bonchev–Trinajstić information content (AvgIpc) is 3.22. The number of thiophene rings is 1. The molecule has 7 heteroatoms. The van der Waals surface area contributed by atoms with Gasteiger partial charge in [-0.05, 0) is 36.4 Å². The summed E-state index contributed by atoms with van der Waals surface area (Å²) in [6, 6.07) is 5.88. The van der Waals surface area contributed by atoms with Gasteiger partial charge in [0.15, 0.2) is 5.65 Å². The van der Waals surface area contributed by atoms with E-state index in [1.165, 1.54) is 0 Å². The largest absolute Gasteiger partial charge is 0.341 e. The smallest absolute Gasteiger partial charge is 0.254 e. The normalized spacial score (nSPS) is 11.9. The first kappa shape index (κ1) is 18.5. The SMILES string of the molecule is Cc1nn(C)c2nc(-c3cccs3)cc(C(=O)N(C)CC(C)(C)CN)c12. The van der Waals surface area contributed by atoms with Crippen molar-refractivity contribution in [3.63, 3.8) is 0 Å². The third-order valence-electron chi connectivity index (χ3n) is 4.54. The Labute approximate surface area is 157 Å². The van der Waals surface area contributed by atoms with E-state index in [1.54, 1.807) is 20.9 Å². The first-order chi connectivity index (χ1) is 12.2. The number of pyridine rings is 1. The molecule has 6 nitrogen and oxygen atoms in total. The van der Waals surface area contributed by atoms with Crippen molar-refractivity contribution in [2.24, 2.45) is 18.2 Å². The Morgan fingerprint density at radius 1 is 1.42 bits per heavy atom. The van der Waals surface area contributed by atoms with Crippen LogP contribution in [0.3, 0.4) is 0 Å². The summed E-state index contributed by atoms with van der Waals surface area (Å²) in [6.07, 6.45) is 0. The number of nitrogens with two attached hydrogens (primary N) is 1. The van der Waals surface area contributed by atoms with Gasteiger partial charge in [0, 0.05) is 20.6 Å². The summed E-state index contributed by atoms with van der Waals surface area (Å²) in [5, 5.41) is 7.29. The van der Waals surface area contributed by atoms with E-state index in [-0.39, 0.29) is 11.3 Å². The summed E-state index contributed by atoms with van der Waals surface area (Å²) in [5.74, 6) is -0.0344. The van der Waals surface area contributed by atoms with E-state index in [0.29, 0.717) is 18.7 Å². The lowest BCUT2D eigenvalue weighted by atomic mass is 9.93. The van der Waals surface area contributed by atoms with Crippen LogP contribution in [0.25, 0.3) is 21.6 Å². The third-order valence-corrected chi connectivity index (χ3v) is 5.43. The maximum Gasteiger partial charge on any atom is 0.254 e. The van der Waals surface area contributed by atoms with Crippen LogP contribution in [0.4, 0.5) is 0 Å². The molecule has 0 unspecified atom stereocenters. The molecule has 138 valence electrons. The second-order valence-electron chi connectivity index (χ2n) is 7.47. The molecule has 0 fully saturated rings. The Kier molecular flexibility index (Phi) is 4.86. The monoisotopic (exact) mass is 371 g/mol. The molecule has 26 heavy (non-hydrogen) atoms. The van der Waals surface area contributed by atoms with E-state index < -0.39 is 0 Å². The Hall–Kier alpha value is -2.25. The molecule has 3 heterocycles. The number of nitrogens with zero attached hydrogens (tertiary/aromatic N) is 4. The minimum atomic E-state index is -0.142. The lowest BCUT2D eigenvalue weighted by Crippen LogP contribution is -2.39. The Morgan fingerprint density at radius 3 is 2.77 bits per heavy atom. The van der Waals surface area contributed by atoms with Crippen LogP contribution in [0.5, 0.6) is 0 Å².